The molecule has 0 radical (unpaired) electrons. The van der Waals surface area contributed by atoms with Gasteiger partial charge in [-0.1, -0.05) is 25.3 Å². The number of amides is 2. The molecule has 4 aromatic heterocycles. The van der Waals surface area contributed by atoms with Gasteiger partial charge in [-0.05, 0) is 107 Å². The second kappa shape index (κ2) is 26.0. The summed E-state index contributed by atoms with van der Waals surface area (Å²) in [6.07, 6.45) is -4.98. The summed E-state index contributed by atoms with van der Waals surface area (Å²) < 4.78 is 120. The van der Waals surface area contributed by atoms with Crippen LogP contribution in [-0.4, -0.2) is 131 Å². The molecule has 2 aliphatic rings. The Morgan fingerprint density at radius 1 is 0.667 bits per heavy atom. The van der Waals surface area contributed by atoms with E-state index in [2.05, 4.69) is 85.2 Å². The van der Waals surface area contributed by atoms with Crippen LogP contribution in [0.4, 0.5) is 95.6 Å². The zero-order valence-electron chi connectivity index (χ0n) is 44.4. The predicted molar refractivity (Wildman–Crippen MR) is 297 cm³/mol. The molecular formula is C52H58F6N16O6S. The van der Waals surface area contributed by atoms with Crippen LogP contribution in [-0.2, 0) is 32.0 Å². The Morgan fingerprint density at radius 2 is 1.15 bits per heavy atom. The lowest BCUT2D eigenvalue weighted by atomic mass is 10.2. The van der Waals surface area contributed by atoms with Gasteiger partial charge in [0.1, 0.15) is 45.8 Å². The Bertz CT molecular complexity index is 3350. The van der Waals surface area contributed by atoms with E-state index in [0.717, 1.165) is 31.7 Å². The van der Waals surface area contributed by atoms with Gasteiger partial charge in [-0.15, -0.1) is 0 Å². The maximum absolute atomic E-state index is 13.8. The number of carbonyl (C=O) groups excluding carboxylic acids is 2. The van der Waals surface area contributed by atoms with E-state index in [4.69, 9.17) is 9.47 Å². The minimum absolute atomic E-state index is 0.102. The number of likely N-dealkylation sites (N-methyl/N-ethyl adjacent to an activating group) is 1. The van der Waals surface area contributed by atoms with Gasteiger partial charge in [0.25, 0.3) is 0 Å². The van der Waals surface area contributed by atoms with Crippen LogP contribution in [0.3, 0.4) is 0 Å². The fourth-order valence-electron chi connectivity index (χ4n) is 8.10. The maximum atomic E-state index is 13.8. The van der Waals surface area contributed by atoms with E-state index < -0.39 is 62.2 Å². The molecule has 8 rings (SSSR count). The van der Waals surface area contributed by atoms with Crippen molar-refractivity contribution in [2.45, 2.75) is 43.9 Å². The highest BCUT2D eigenvalue weighted by atomic mass is 32.2. The van der Waals surface area contributed by atoms with Crippen LogP contribution in [0.2, 0.25) is 0 Å². The molecule has 7 N–H and O–H groups in total. The molecule has 22 nitrogen and oxygen atoms in total. The number of halogens is 6. The van der Waals surface area contributed by atoms with E-state index >= 15 is 0 Å². The van der Waals surface area contributed by atoms with Crippen molar-refractivity contribution in [1.82, 2.24) is 39.1 Å². The first-order valence-corrected chi connectivity index (χ1v) is 26.3. The lowest BCUT2D eigenvalue weighted by Crippen LogP contribution is -2.50. The number of nitrogens with one attached hydrogen (secondary N) is 7. The summed E-state index contributed by atoms with van der Waals surface area (Å²) >= 11 is 0. The lowest BCUT2D eigenvalue weighted by Gasteiger charge is -2.35. The van der Waals surface area contributed by atoms with Crippen molar-refractivity contribution in [1.29, 1.82) is 0 Å². The molecule has 0 saturated carbocycles. The number of hydrogen-bond donors (Lipinski definition) is 7. The summed E-state index contributed by atoms with van der Waals surface area (Å²) in [6, 6.07) is 19.3. The Morgan fingerprint density at radius 3 is 1.59 bits per heavy atom. The third kappa shape index (κ3) is 15.9. The average Bonchev–Trinajstić information content (AvgIpc) is 4.01. The number of alkyl halides is 6. The van der Waals surface area contributed by atoms with Crippen molar-refractivity contribution < 1.29 is 53.8 Å². The Hall–Kier alpha value is -8.83. The van der Waals surface area contributed by atoms with Gasteiger partial charge in [0.2, 0.25) is 45.5 Å². The quantitative estimate of drug-likeness (QED) is 0.0295. The average molecular weight is 1150 g/mol. The molecule has 430 valence electrons. The summed E-state index contributed by atoms with van der Waals surface area (Å²) in [5.41, 5.74) is -0.263. The fourth-order valence-corrected chi connectivity index (χ4v) is 9.37. The molecule has 6 heterocycles. The number of nitrogens with zero attached hydrogens (tertiary/aromatic N) is 9. The number of hydrogen-bond acceptors (Lipinski definition) is 19. The standard InChI is InChI=1S/C27H31F3N8O4S.C25H27F3N8O2/c1-5-23(39)32-18-7-6-8-19(15-18)33-24-20(27(28,29)30)16-31-26(36-24)34-21-9-10-22(35-25(21)42-4)37-11-13-38(14-12-37)43(40,41)17(2)3;1-4-21(37)31-15-6-5-7-16(12-15)32-22-18(25(26,27)28)13-29-24(35-22)33-19-8-9-20(34-23(19)38-3)30-17-10-11-36(2)14-17/h5-10,15-17H,1,11-14H2,2-4H3,(H,32,39)(H2,31,33,34,36);4-9,12-13,17H,1,10-11,14H2,2-3H3,(H,30,34)(H,31,37)(H2,29,32,33,35). The van der Waals surface area contributed by atoms with Crippen LogP contribution >= 0.6 is 0 Å². The number of rotatable bonds is 19. The lowest BCUT2D eigenvalue weighted by molar-refractivity contribution is -0.138. The fraction of sp³-hybridized carbons (Fsp3) is 0.308. The monoisotopic (exact) mass is 1150 g/mol. The largest absolute Gasteiger partial charge is 0.479 e. The number of piperazine rings is 1. The molecule has 0 bridgehead atoms. The molecule has 81 heavy (non-hydrogen) atoms. The Balaban J connectivity index is 0.000000235. The summed E-state index contributed by atoms with van der Waals surface area (Å²) in [5, 5.41) is 19.0. The zero-order chi connectivity index (χ0) is 58.6. The highest BCUT2D eigenvalue weighted by Gasteiger charge is 2.37. The molecule has 2 saturated heterocycles. The molecule has 1 unspecified atom stereocenters. The van der Waals surface area contributed by atoms with Gasteiger partial charge in [0.15, 0.2) is 0 Å². The van der Waals surface area contributed by atoms with Gasteiger partial charge in [-0.3, -0.25) is 9.59 Å². The second-order valence-electron chi connectivity index (χ2n) is 18.3. The maximum Gasteiger partial charge on any atom is 0.421 e. The van der Waals surface area contributed by atoms with Crippen molar-refractivity contribution in [3.8, 4) is 11.8 Å². The van der Waals surface area contributed by atoms with E-state index in [9.17, 15) is 44.3 Å². The molecule has 2 fully saturated rings. The second-order valence-corrected chi connectivity index (χ2v) is 20.8. The molecule has 29 heteroatoms. The van der Waals surface area contributed by atoms with Crippen LogP contribution < -0.4 is 51.6 Å². The van der Waals surface area contributed by atoms with Crippen molar-refractivity contribution >= 4 is 91.1 Å². The Labute approximate surface area is 462 Å². The smallest absolute Gasteiger partial charge is 0.421 e. The van der Waals surface area contributed by atoms with Crippen molar-refractivity contribution in [2.24, 2.45) is 0 Å². The number of aromatic nitrogens is 6. The van der Waals surface area contributed by atoms with E-state index in [1.807, 2.05) is 11.9 Å². The minimum Gasteiger partial charge on any atom is -0.479 e. The topological polar surface area (TPSA) is 258 Å². The van der Waals surface area contributed by atoms with E-state index in [1.165, 1.54) is 36.7 Å². The molecule has 1 atom stereocenters. The van der Waals surface area contributed by atoms with Crippen molar-refractivity contribution in [3.63, 3.8) is 0 Å². The third-order valence-corrected chi connectivity index (χ3v) is 14.5. The molecule has 0 spiro atoms. The predicted octanol–water partition coefficient (Wildman–Crippen LogP) is 9.00. The van der Waals surface area contributed by atoms with E-state index in [-0.39, 0.29) is 41.1 Å². The van der Waals surface area contributed by atoms with Crippen LogP contribution in [0.5, 0.6) is 11.8 Å². The van der Waals surface area contributed by atoms with Crippen molar-refractivity contribution in [3.05, 3.63) is 122 Å². The van der Waals surface area contributed by atoms with Crippen LogP contribution in [0, 0.1) is 0 Å². The summed E-state index contributed by atoms with van der Waals surface area (Å²) in [4.78, 5) is 52.1. The SMILES string of the molecule is C=CC(=O)Nc1cccc(Nc2nc(Nc3ccc(N4CCN(S(=O)(=O)C(C)C)CC4)nc3OC)ncc2C(F)(F)F)c1.C=CC(=O)Nc1cccc(Nc2nc(Nc3ccc(NC4CCN(C)C4)nc3OC)ncc2C(F)(F)F)c1. The number of pyridine rings is 2. The summed E-state index contributed by atoms with van der Waals surface area (Å²) in [7, 11) is 1.52. The van der Waals surface area contributed by atoms with E-state index in [1.54, 1.807) is 68.4 Å². The summed E-state index contributed by atoms with van der Waals surface area (Å²) in [5.74, 6) is -0.657. The minimum atomic E-state index is -4.76. The van der Waals surface area contributed by atoms with Crippen LogP contribution in [0.25, 0.3) is 0 Å². The van der Waals surface area contributed by atoms with Crippen molar-refractivity contribution in [2.75, 3.05) is 103 Å². The van der Waals surface area contributed by atoms with Gasteiger partial charge in [0.05, 0.1) is 19.5 Å². The first-order valence-electron chi connectivity index (χ1n) is 24.8. The normalized spacial score (nSPS) is 14.9. The number of sulfonamides is 1. The number of anilines is 12. The molecule has 2 aromatic carbocycles. The highest BCUT2D eigenvalue weighted by molar-refractivity contribution is 7.89. The molecule has 0 aliphatic carbocycles. The number of likely N-dealkylation sites (tertiary alicyclic amines) is 1. The molecule has 6 aromatic rings. The third-order valence-electron chi connectivity index (χ3n) is 12.2. The molecule has 2 amide bonds. The summed E-state index contributed by atoms with van der Waals surface area (Å²) in [6.45, 7) is 13.4. The molecule has 2 aliphatic heterocycles. The van der Waals surface area contributed by atoms with Gasteiger partial charge >= 0.3 is 12.4 Å². The number of benzene rings is 2. The van der Waals surface area contributed by atoms with Gasteiger partial charge in [0, 0.05) is 73.9 Å². The Kier molecular flexibility index (Phi) is 19.2. The highest BCUT2D eigenvalue weighted by Crippen LogP contribution is 2.38. The first kappa shape index (κ1) is 59.8. The van der Waals surface area contributed by atoms with Gasteiger partial charge < -0.3 is 56.5 Å². The number of ether oxygens (including phenoxy) is 2. The van der Waals surface area contributed by atoms with E-state index in [0.29, 0.717) is 73.0 Å². The van der Waals surface area contributed by atoms with Crippen LogP contribution in [0.1, 0.15) is 31.4 Å². The van der Waals surface area contributed by atoms with Gasteiger partial charge in [-0.2, -0.15) is 50.6 Å². The number of carbonyl (C=O) groups is 2. The molecular weight excluding hydrogens is 1090 g/mol. The van der Waals surface area contributed by atoms with Gasteiger partial charge in [-0.25, -0.2) is 18.4 Å². The first-order chi connectivity index (χ1) is 38.4. The zero-order valence-corrected chi connectivity index (χ0v) is 45.2. The number of methoxy groups -OCH3 is 2. The van der Waals surface area contributed by atoms with Crippen LogP contribution in [0.15, 0.2) is 111 Å².